The third kappa shape index (κ3) is 2.85. The largest absolute Gasteiger partial charge is 0.497 e. The molecular formula is C15H18N2O3S. The van der Waals surface area contributed by atoms with Gasteiger partial charge in [0, 0.05) is 12.3 Å². The Balaban J connectivity index is 1.78. The molecule has 21 heavy (non-hydrogen) atoms. The predicted molar refractivity (Wildman–Crippen MR) is 81.5 cm³/mol. The quantitative estimate of drug-likeness (QED) is 0.930. The highest BCUT2D eigenvalue weighted by molar-refractivity contribution is 8.14. The summed E-state index contributed by atoms with van der Waals surface area (Å²) >= 11 is 1.18. The van der Waals surface area contributed by atoms with Crippen LogP contribution in [0.15, 0.2) is 24.3 Å². The van der Waals surface area contributed by atoms with Crippen molar-refractivity contribution in [2.24, 2.45) is 0 Å². The zero-order chi connectivity index (χ0) is 14.8. The number of hydrogen-bond acceptors (Lipinski definition) is 4. The van der Waals surface area contributed by atoms with Crippen molar-refractivity contribution in [3.63, 3.8) is 0 Å². The third-order valence-corrected chi connectivity index (χ3v) is 4.87. The normalized spacial score (nSPS) is 25.0. The van der Waals surface area contributed by atoms with Crippen molar-refractivity contribution < 1.29 is 14.3 Å². The summed E-state index contributed by atoms with van der Waals surface area (Å²) in [7, 11) is 1.64. The molecule has 0 radical (unpaired) electrons. The van der Waals surface area contributed by atoms with Crippen molar-refractivity contribution in [1.29, 1.82) is 0 Å². The van der Waals surface area contributed by atoms with Gasteiger partial charge in [0.2, 0.25) is 5.91 Å². The lowest BCUT2D eigenvalue weighted by Gasteiger charge is -2.27. The van der Waals surface area contributed by atoms with Crippen LogP contribution in [0.5, 0.6) is 5.75 Å². The topological polar surface area (TPSA) is 58.6 Å². The van der Waals surface area contributed by atoms with E-state index in [-0.39, 0.29) is 23.2 Å². The number of carbonyl (C=O) groups excluding carboxylic acids is 2. The van der Waals surface area contributed by atoms with Crippen molar-refractivity contribution in [2.75, 3.05) is 19.4 Å². The van der Waals surface area contributed by atoms with E-state index >= 15 is 0 Å². The Morgan fingerprint density at radius 3 is 3.05 bits per heavy atom. The predicted octanol–water partition coefficient (Wildman–Crippen LogP) is 2.18. The SMILES string of the molecule is COc1cccc([C@@H]2CCCN2C(=O)[C@H]2CSC(=O)N2)c1. The van der Waals surface area contributed by atoms with Gasteiger partial charge in [0.1, 0.15) is 11.8 Å². The number of nitrogens with one attached hydrogen (secondary N) is 1. The molecule has 0 spiro atoms. The summed E-state index contributed by atoms with van der Waals surface area (Å²) in [4.78, 5) is 25.8. The summed E-state index contributed by atoms with van der Waals surface area (Å²) in [5.74, 6) is 1.36. The van der Waals surface area contributed by atoms with Crippen molar-refractivity contribution in [3.05, 3.63) is 29.8 Å². The number of nitrogens with zero attached hydrogens (tertiary/aromatic N) is 1. The van der Waals surface area contributed by atoms with Crippen LogP contribution >= 0.6 is 11.8 Å². The fourth-order valence-electron chi connectivity index (χ4n) is 2.94. The molecule has 2 heterocycles. The van der Waals surface area contributed by atoms with Crippen molar-refractivity contribution in [3.8, 4) is 5.75 Å². The number of likely N-dealkylation sites (tertiary alicyclic amines) is 1. The maximum atomic E-state index is 12.6. The highest BCUT2D eigenvalue weighted by atomic mass is 32.2. The Labute approximate surface area is 128 Å². The van der Waals surface area contributed by atoms with Gasteiger partial charge in [0.25, 0.3) is 5.24 Å². The first-order valence-electron chi connectivity index (χ1n) is 7.07. The second-order valence-corrected chi connectivity index (χ2v) is 6.25. The summed E-state index contributed by atoms with van der Waals surface area (Å²) in [5.41, 5.74) is 1.09. The second-order valence-electron chi connectivity index (χ2n) is 5.26. The molecule has 0 aromatic heterocycles. The number of benzene rings is 1. The molecule has 0 aliphatic carbocycles. The van der Waals surface area contributed by atoms with Gasteiger partial charge >= 0.3 is 0 Å². The fourth-order valence-corrected chi connectivity index (χ4v) is 3.71. The van der Waals surface area contributed by atoms with E-state index in [2.05, 4.69) is 5.32 Å². The second kappa shape index (κ2) is 5.97. The maximum Gasteiger partial charge on any atom is 0.279 e. The van der Waals surface area contributed by atoms with Crippen LogP contribution in [-0.2, 0) is 4.79 Å². The first kappa shape index (κ1) is 14.3. The van der Waals surface area contributed by atoms with Crippen LogP contribution in [0.3, 0.4) is 0 Å². The maximum absolute atomic E-state index is 12.6. The molecule has 2 atom stereocenters. The van der Waals surface area contributed by atoms with Crippen LogP contribution in [-0.4, -0.2) is 41.5 Å². The highest BCUT2D eigenvalue weighted by Gasteiger charge is 2.37. The van der Waals surface area contributed by atoms with Crippen LogP contribution in [0.25, 0.3) is 0 Å². The van der Waals surface area contributed by atoms with Gasteiger partial charge in [-0.25, -0.2) is 0 Å². The van der Waals surface area contributed by atoms with Gasteiger partial charge in [-0.3, -0.25) is 9.59 Å². The standard InChI is InChI=1S/C15H18N2O3S/c1-20-11-5-2-4-10(8-11)13-6-3-7-17(13)14(18)12-9-21-15(19)16-12/h2,4-5,8,12-13H,3,6-7,9H2,1H3,(H,16,19)/t12-,13+/m1/s1. The van der Waals surface area contributed by atoms with Crippen LogP contribution in [0.1, 0.15) is 24.4 Å². The average Bonchev–Trinajstić information content (AvgIpc) is 3.15. The molecule has 0 unspecified atom stereocenters. The van der Waals surface area contributed by atoms with Gasteiger partial charge in [-0.2, -0.15) is 0 Å². The Morgan fingerprint density at radius 2 is 2.33 bits per heavy atom. The minimum absolute atomic E-state index is 0.0265. The van der Waals surface area contributed by atoms with E-state index in [9.17, 15) is 9.59 Å². The van der Waals surface area contributed by atoms with Gasteiger partial charge < -0.3 is 15.0 Å². The van der Waals surface area contributed by atoms with Crippen LogP contribution in [0, 0.1) is 0 Å². The summed E-state index contributed by atoms with van der Waals surface area (Å²) in [5, 5.41) is 2.63. The van der Waals surface area contributed by atoms with Crippen LogP contribution < -0.4 is 10.1 Å². The molecule has 1 aromatic carbocycles. The number of thioether (sulfide) groups is 1. The first-order valence-corrected chi connectivity index (χ1v) is 8.05. The Hall–Kier alpha value is -1.69. The number of methoxy groups -OCH3 is 1. The van der Waals surface area contributed by atoms with Crippen molar-refractivity contribution in [1.82, 2.24) is 10.2 Å². The minimum atomic E-state index is -0.381. The molecular weight excluding hydrogens is 288 g/mol. The number of carbonyl (C=O) groups is 2. The molecule has 0 saturated carbocycles. The van der Waals surface area contributed by atoms with E-state index in [0.29, 0.717) is 5.75 Å². The Kier molecular flexibility index (Phi) is 4.05. The minimum Gasteiger partial charge on any atom is -0.497 e. The average molecular weight is 306 g/mol. The number of ether oxygens (including phenoxy) is 1. The molecule has 2 aliphatic rings. The van der Waals surface area contributed by atoms with Gasteiger partial charge in [0.15, 0.2) is 0 Å². The van der Waals surface area contributed by atoms with E-state index in [1.54, 1.807) is 7.11 Å². The van der Waals surface area contributed by atoms with Gasteiger partial charge in [0.05, 0.1) is 13.2 Å². The zero-order valence-corrected chi connectivity index (χ0v) is 12.7. The summed E-state index contributed by atoms with van der Waals surface area (Å²) in [6.07, 6.45) is 1.94. The first-order chi connectivity index (χ1) is 10.2. The van der Waals surface area contributed by atoms with E-state index in [1.165, 1.54) is 11.8 Å². The van der Waals surface area contributed by atoms with Gasteiger partial charge in [-0.15, -0.1) is 0 Å². The summed E-state index contributed by atoms with van der Waals surface area (Å²) in [6, 6.07) is 7.56. The number of rotatable bonds is 3. The lowest BCUT2D eigenvalue weighted by atomic mass is 10.0. The van der Waals surface area contributed by atoms with Crippen molar-refractivity contribution >= 4 is 22.9 Å². The smallest absolute Gasteiger partial charge is 0.279 e. The van der Waals surface area contributed by atoms with Gasteiger partial charge in [-0.05, 0) is 30.5 Å². The molecule has 2 amide bonds. The zero-order valence-electron chi connectivity index (χ0n) is 11.9. The van der Waals surface area contributed by atoms with E-state index in [4.69, 9.17) is 4.74 Å². The Morgan fingerprint density at radius 1 is 1.48 bits per heavy atom. The van der Waals surface area contributed by atoms with Crippen LogP contribution in [0.2, 0.25) is 0 Å². The van der Waals surface area contributed by atoms with E-state index in [1.807, 2.05) is 29.2 Å². The highest BCUT2D eigenvalue weighted by Crippen LogP contribution is 2.34. The summed E-state index contributed by atoms with van der Waals surface area (Å²) < 4.78 is 5.26. The molecule has 5 nitrogen and oxygen atoms in total. The molecule has 1 N–H and O–H groups in total. The molecule has 2 fully saturated rings. The number of hydrogen-bond donors (Lipinski definition) is 1. The number of amides is 2. The van der Waals surface area contributed by atoms with Gasteiger partial charge in [-0.1, -0.05) is 23.9 Å². The van der Waals surface area contributed by atoms with Crippen LogP contribution in [0.4, 0.5) is 4.79 Å². The lowest BCUT2D eigenvalue weighted by Crippen LogP contribution is -2.45. The molecule has 112 valence electrons. The molecule has 2 saturated heterocycles. The monoisotopic (exact) mass is 306 g/mol. The third-order valence-electron chi connectivity index (χ3n) is 3.99. The molecule has 2 aliphatic heterocycles. The Bertz CT molecular complexity index is 564. The summed E-state index contributed by atoms with van der Waals surface area (Å²) in [6.45, 7) is 0.748. The fraction of sp³-hybridized carbons (Fsp3) is 0.467. The molecule has 1 aromatic rings. The van der Waals surface area contributed by atoms with E-state index in [0.717, 1.165) is 30.7 Å². The lowest BCUT2D eigenvalue weighted by molar-refractivity contribution is -0.133. The molecule has 0 bridgehead atoms. The molecule has 6 heteroatoms. The molecule has 3 rings (SSSR count). The van der Waals surface area contributed by atoms with E-state index < -0.39 is 0 Å². The van der Waals surface area contributed by atoms with Crippen molar-refractivity contribution in [2.45, 2.75) is 24.9 Å².